The Hall–Kier alpha value is -1.56. The van der Waals surface area contributed by atoms with Crippen molar-refractivity contribution in [2.75, 3.05) is 18.0 Å². The van der Waals surface area contributed by atoms with Crippen LogP contribution in [0.25, 0.3) is 0 Å². The molecule has 0 radical (unpaired) electrons. The van der Waals surface area contributed by atoms with Gasteiger partial charge in [0.25, 0.3) is 0 Å². The van der Waals surface area contributed by atoms with Gasteiger partial charge in [-0.15, -0.1) is 0 Å². The lowest BCUT2D eigenvalue weighted by Gasteiger charge is -2.18. The van der Waals surface area contributed by atoms with Crippen LogP contribution in [0, 0.1) is 24.2 Å². The Bertz CT molecular complexity index is 434. The van der Waals surface area contributed by atoms with E-state index >= 15 is 0 Å². The van der Waals surface area contributed by atoms with E-state index in [1.807, 2.05) is 19.1 Å². The molecule has 2 heterocycles. The first-order chi connectivity index (χ1) is 8.22. The molecule has 1 aromatic rings. The van der Waals surface area contributed by atoms with Gasteiger partial charge in [0.1, 0.15) is 5.82 Å². The first kappa shape index (κ1) is 11.9. The first-order valence-corrected chi connectivity index (χ1v) is 6.36. The minimum atomic E-state index is 0.714. The van der Waals surface area contributed by atoms with E-state index in [9.17, 15) is 0 Å². The monoisotopic (exact) mass is 229 g/mol. The predicted octanol–water partition coefficient (Wildman–Crippen LogP) is 2.89. The molecule has 17 heavy (non-hydrogen) atoms. The van der Waals surface area contributed by atoms with E-state index < -0.39 is 0 Å². The van der Waals surface area contributed by atoms with Crippen molar-refractivity contribution in [1.29, 1.82) is 5.26 Å². The minimum Gasteiger partial charge on any atom is -0.356 e. The third kappa shape index (κ3) is 2.76. The molecule has 0 aliphatic carbocycles. The van der Waals surface area contributed by atoms with Crippen LogP contribution < -0.4 is 4.90 Å². The molecule has 1 unspecified atom stereocenters. The standard InChI is InChI=1S/C14H19N3/c1-3-4-12-5-6-17(10-12)14-8-13(9-15)7-11(2)16-14/h7-8,12H,3-6,10H2,1-2H3. The van der Waals surface area contributed by atoms with Crippen LogP contribution in [0.1, 0.15) is 37.4 Å². The number of anilines is 1. The van der Waals surface area contributed by atoms with E-state index in [1.165, 1.54) is 19.3 Å². The largest absolute Gasteiger partial charge is 0.356 e. The van der Waals surface area contributed by atoms with Crippen LogP contribution in [-0.2, 0) is 0 Å². The summed E-state index contributed by atoms with van der Waals surface area (Å²) in [6.45, 7) is 6.35. The molecule has 0 N–H and O–H groups in total. The van der Waals surface area contributed by atoms with Crippen LogP contribution in [0.4, 0.5) is 5.82 Å². The molecule has 90 valence electrons. The number of nitriles is 1. The highest BCUT2D eigenvalue weighted by molar-refractivity contribution is 5.47. The normalized spacial score (nSPS) is 19.4. The maximum Gasteiger partial charge on any atom is 0.130 e. The summed E-state index contributed by atoms with van der Waals surface area (Å²) in [5.74, 6) is 1.77. The summed E-state index contributed by atoms with van der Waals surface area (Å²) in [6, 6.07) is 5.94. The summed E-state index contributed by atoms with van der Waals surface area (Å²) in [5.41, 5.74) is 1.64. The first-order valence-electron chi connectivity index (χ1n) is 6.36. The van der Waals surface area contributed by atoms with E-state index in [2.05, 4.69) is 22.9 Å². The molecule has 0 spiro atoms. The SMILES string of the molecule is CCCC1CCN(c2cc(C#N)cc(C)n2)C1. The molecule has 1 saturated heterocycles. The fraction of sp³-hybridized carbons (Fsp3) is 0.571. The Labute approximate surface area is 103 Å². The molecule has 1 fully saturated rings. The summed E-state index contributed by atoms with van der Waals surface area (Å²) in [4.78, 5) is 6.85. The molecular weight excluding hydrogens is 210 g/mol. The maximum atomic E-state index is 8.97. The van der Waals surface area contributed by atoms with Gasteiger partial charge in [-0.1, -0.05) is 13.3 Å². The smallest absolute Gasteiger partial charge is 0.130 e. The van der Waals surface area contributed by atoms with Gasteiger partial charge in [0.05, 0.1) is 11.6 Å². The second kappa shape index (κ2) is 5.18. The molecule has 1 atom stereocenters. The van der Waals surface area contributed by atoms with E-state index in [4.69, 9.17) is 5.26 Å². The van der Waals surface area contributed by atoms with Crippen molar-refractivity contribution in [3.63, 3.8) is 0 Å². The van der Waals surface area contributed by atoms with E-state index in [-0.39, 0.29) is 0 Å². The summed E-state index contributed by atoms with van der Waals surface area (Å²) in [7, 11) is 0. The zero-order chi connectivity index (χ0) is 12.3. The fourth-order valence-corrected chi connectivity index (χ4v) is 2.56. The van der Waals surface area contributed by atoms with Gasteiger partial charge in [-0.3, -0.25) is 0 Å². The van der Waals surface area contributed by atoms with Gasteiger partial charge in [-0.25, -0.2) is 4.98 Å². The Morgan fingerprint density at radius 1 is 1.53 bits per heavy atom. The van der Waals surface area contributed by atoms with Crippen molar-refractivity contribution >= 4 is 5.82 Å². The highest BCUT2D eigenvalue weighted by Gasteiger charge is 2.22. The molecule has 3 nitrogen and oxygen atoms in total. The quantitative estimate of drug-likeness (QED) is 0.800. The van der Waals surface area contributed by atoms with Crippen molar-refractivity contribution in [1.82, 2.24) is 4.98 Å². The number of rotatable bonds is 3. The zero-order valence-corrected chi connectivity index (χ0v) is 10.6. The lowest BCUT2D eigenvalue weighted by molar-refractivity contribution is 0.529. The average molecular weight is 229 g/mol. The molecule has 0 aromatic carbocycles. The van der Waals surface area contributed by atoms with Gasteiger partial charge in [-0.05, 0) is 37.8 Å². The van der Waals surface area contributed by atoms with Crippen LogP contribution in [-0.4, -0.2) is 18.1 Å². The Morgan fingerprint density at radius 2 is 2.35 bits per heavy atom. The molecule has 2 rings (SSSR count). The van der Waals surface area contributed by atoms with Gasteiger partial charge in [0.15, 0.2) is 0 Å². The average Bonchev–Trinajstić information content (AvgIpc) is 2.77. The molecule has 1 aromatic heterocycles. The molecule has 1 aliphatic heterocycles. The zero-order valence-electron chi connectivity index (χ0n) is 10.6. The highest BCUT2D eigenvalue weighted by atomic mass is 15.2. The molecule has 0 bridgehead atoms. The van der Waals surface area contributed by atoms with E-state index in [1.54, 1.807) is 0 Å². The lowest BCUT2D eigenvalue weighted by Crippen LogP contribution is -2.21. The fourth-order valence-electron chi connectivity index (χ4n) is 2.56. The number of aryl methyl sites for hydroxylation is 1. The summed E-state index contributed by atoms with van der Waals surface area (Å²) in [5, 5.41) is 8.97. The molecule has 1 aliphatic rings. The third-order valence-electron chi connectivity index (χ3n) is 3.38. The van der Waals surface area contributed by atoms with Crippen LogP contribution in [0.2, 0.25) is 0 Å². The Morgan fingerprint density at radius 3 is 3.06 bits per heavy atom. The Balaban J connectivity index is 2.13. The summed E-state index contributed by atoms with van der Waals surface area (Å²) in [6.07, 6.45) is 3.81. The number of hydrogen-bond donors (Lipinski definition) is 0. The van der Waals surface area contributed by atoms with Crippen molar-refractivity contribution in [3.05, 3.63) is 23.4 Å². The van der Waals surface area contributed by atoms with Crippen molar-refractivity contribution in [3.8, 4) is 6.07 Å². The van der Waals surface area contributed by atoms with Crippen LogP contribution in [0.5, 0.6) is 0 Å². The second-order valence-corrected chi connectivity index (χ2v) is 4.86. The van der Waals surface area contributed by atoms with Gasteiger partial charge in [0.2, 0.25) is 0 Å². The number of pyridine rings is 1. The van der Waals surface area contributed by atoms with Crippen molar-refractivity contribution < 1.29 is 0 Å². The number of hydrogen-bond acceptors (Lipinski definition) is 3. The molecule has 0 amide bonds. The summed E-state index contributed by atoms with van der Waals surface area (Å²) < 4.78 is 0. The second-order valence-electron chi connectivity index (χ2n) is 4.86. The maximum absolute atomic E-state index is 8.97. The minimum absolute atomic E-state index is 0.714. The predicted molar refractivity (Wildman–Crippen MR) is 68.9 cm³/mol. The number of nitrogens with zero attached hydrogens (tertiary/aromatic N) is 3. The highest BCUT2D eigenvalue weighted by Crippen LogP contribution is 2.25. The molecule has 0 saturated carbocycles. The topological polar surface area (TPSA) is 39.9 Å². The summed E-state index contributed by atoms with van der Waals surface area (Å²) >= 11 is 0. The van der Waals surface area contributed by atoms with Crippen molar-refractivity contribution in [2.45, 2.75) is 33.1 Å². The van der Waals surface area contributed by atoms with E-state index in [0.717, 1.165) is 30.5 Å². The van der Waals surface area contributed by atoms with Crippen molar-refractivity contribution in [2.24, 2.45) is 5.92 Å². The van der Waals surface area contributed by atoms with Gasteiger partial charge < -0.3 is 4.90 Å². The molecule has 3 heteroatoms. The van der Waals surface area contributed by atoms with Crippen LogP contribution >= 0.6 is 0 Å². The van der Waals surface area contributed by atoms with Crippen LogP contribution in [0.3, 0.4) is 0 Å². The van der Waals surface area contributed by atoms with Gasteiger partial charge in [-0.2, -0.15) is 5.26 Å². The van der Waals surface area contributed by atoms with E-state index in [0.29, 0.717) is 5.56 Å². The van der Waals surface area contributed by atoms with Crippen LogP contribution in [0.15, 0.2) is 12.1 Å². The van der Waals surface area contributed by atoms with Gasteiger partial charge >= 0.3 is 0 Å². The lowest BCUT2D eigenvalue weighted by atomic mass is 10.0. The number of aromatic nitrogens is 1. The third-order valence-corrected chi connectivity index (χ3v) is 3.38. The molecular formula is C14H19N3. The van der Waals surface area contributed by atoms with Gasteiger partial charge in [0, 0.05) is 18.8 Å². The Kier molecular flexibility index (Phi) is 3.63.